The number of aromatic amines is 1. The number of aromatic nitrogens is 3. The molecular formula is C12H16N4. The molecule has 0 aromatic carbocycles. The number of nitrogens with zero attached hydrogens (tertiary/aromatic N) is 2. The standard InChI is InChI=1S/C12H16N4/c1-8-6-10-11(14-7-8)16-12(15-10)9-4-2-3-5-13-9/h6-7,9,13H,2-5H2,1H3,(H,14,15,16). The molecule has 4 nitrogen and oxygen atoms in total. The van der Waals surface area contributed by atoms with Crippen LogP contribution in [0.5, 0.6) is 0 Å². The van der Waals surface area contributed by atoms with Crippen molar-refractivity contribution in [2.24, 2.45) is 0 Å². The quantitative estimate of drug-likeness (QED) is 0.767. The predicted octanol–water partition coefficient (Wildman–Crippen LogP) is 2.08. The first-order chi connectivity index (χ1) is 7.83. The first kappa shape index (κ1) is 9.78. The third-order valence-corrected chi connectivity index (χ3v) is 3.13. The van der Waals surface area contributed by atoms with E-state index in [1.807, 2.05) is 13.1 Å². The molecule has 1 aliphatic rings. The molecule has 3 heterocycles. The van der Waals surface area contributed by atoms with Crippen molar-refractivity contribution >= 4 is 11.2 Å². The maximum Gasteiger partial charge on any atom is 0.177 e. The Morgan fingerprint density at radius 3 is 3.12 bits per heavy atom. The van der Waals surface area contributed by atoms with Crippen LogP contribution >= 0.6 is 0 Å². The summed E-state index contributed by atoms with van der Waals surface area (Å²) in [6, 6.07) is 2.48. The van der Waals surface area contributed by atoms with Gasteiger partial charge in [-0.05, 0) is 37.9 Å². The molecule has 3 rings (SSSR count). The molecule has 1 unspecified atom stereocenters. The minimum Gasteiger partial charge on any atom is -0.339 e. The summed E-state index contributed by atoms with van der Waals surface area (Å²) in [5.41, 5.74) is 3.04. The zero-order valence-electron chi connectivity index (χ0n) is 9.45. The van der Waals surface area contributed by atoms with Crippen molar-refractivity contribution in [1.29, 1.82) is 0 Å². The van der Waals surface area contributed by atoms with E-state index in [1.165, 1.54) is 24.8 Å². The smallest absolute Gasteiger partial charge is 0.177 e. The average molecular weight is 216 g/mol. The van der Waals surface area contributed by atoms with Crippen molar-refractivity contribution in [2.45, 2.75) is 32.2 Å². The van der Waals surface area contributed by atoms with Gasteiger partial charge in [0.25, 0.3) is 0 Å². The highest BCUT2D eigenvalue weighted by Gasteiger charge is 2.18. The summed E-state index contributed by atoms with van der Waals surface area (Å²) >= 11 is 0. The minimum atomic E-state index is 0.378. The lowest BCUT2D eigenvalue weighted by molar-refractivity contribution is 0.400. The van der Waals surface area contributed by atoms with Gasteiger partial charge in [-0.2, -0.15) is 0 Å². The molecule has 4 heteroatoms. The van der Waals surface area contributed by atoms with E-state index >= 15 is 0 Å². The van der Waals surface area contributed by atoms with Gasteiger partial charge in [-0.25, -0.2) is 9.97 Å². The molecule has 84 valence electrons. The zero-order valence-corrected chi connectivity index (χ0v) is 9.45. The van der Waals surface area contributed by atoms with Gasteiger partial charge in [-0.15, -0.1) is 0 Å². The first-order valence-corrected chi connectivity index (χ1v) is 5.88. The first-order valence-electron chi connectivity index (χ1n) is 5.88. The van der Waals surface area contributed by atoms with E-state index in [-0.39, 0.29) is 0 Å². The van der Waals surface area contributed by atoms with Crippen LogP contribution in [0.1, 0.15) is 36.7 Å². The molecule has 0 amide bonds. The molecule has 1 saturated heterocycles. The molecule has 1 atom stereocenters. The van der Waals surface area contributed by atoms with Gasteiger partial charge >= 0.3 is 0 Å². The molecule has 2 aromatic rings. The van der Waals surface area contributed by atoms with Crippen LogP contribution in [-0.4, -0.2) is 21.5 Å². The third kappa shape index (κ3) is 1.69. The Morgan fingerprint density at radius 1 is 1.38 bits per heavy atom. The Hall–Kier alpha value is -1.42. The minimum absolute atomic E-state index is 0.378. The summed E-state index contributed by atoms with van der Waals surface area (Å²) in [4.78, 5) is 12.2. The SMILES string of the molecule is Cc1cnc2nc(C3CCCCN3)[nH]c2c1. The monoisotopic (exact) mass is 216 g/mol. The predicted molar refractivity (Wildman–Crippen MR) is 63.2 cm³/mol. The van der Waals surface area contributed by atoms with Crippen LogP contribution in [0.15, 0.2) is 12.3 Å². The van der Waals surface area contributed by atoms with E-state index in [0.29, 0.717) is 6.04 Å². The second kappa shape index (κ2) is 3.87. The largest absolute Gasteiger partial charge is 0.339 e. The zero-order chi connectivity index (χ0) is 11.0. The van der Waals surface area contributed by atoms with Gasteiger partial charge in [-0.3, -0.25) is 0 Å². The molecule has 0 spiro atoms. The van der Waals surface area contributed by atoms with Crippen molar-refractivity contribution < 1.29 is 0 Å². The topological polar surface area (TPSA) is 53.6 Å². The maximum absolute atomic E-state index is 4.55. The van der Waals surface area contributed by atoms with Crippen LogP contribution in [-0.2, 0) is 0 Å². The average Bonchev–Trinajstić information content (AvgIpc) is 2.73. The number of hydrogen-bond donors (Lipinski definition) is 2. The third-order valence-electron chi connectivity index (χ3n) is 3.13. The van der Waals surface area contributed by atoms with Crippen molar-refractivity contribution in [3.63, 3.8) is 0 Å². The molecule has 0 bridgehead atoms. The molecule has 1 fully saturated rings. The lowest BCUT2D eigenvalue weighted by Gasteiger charge is -2.21. The maximum atomic E-state index is 4.55. The number of imidazole rings is 1. The lowest BCUT2D eigenvalue weighted by atomic mass is 10.0. The van der Waals surface area contributed by atoms with Crippen LogP contribution < -0.4 is 5.32 Å². The number of H-pyrrole nitrogens is 1. The van der Waals surface area contributed by atoms with Gasteiger partial charge in [0, 0.05) is 6.20 Å². The molecule has 0 aliphatic carbocycles. The molecular weight excluding hydrogens is 200 g/mol. The highest BCUT2D eigenvalue weighted by atomic mass is 15.1. The summed E-state index contributed by atoms with van der Waals surface area (Å²) in [5, 5.41) is 3.49. The van der Waals surface area contributed by atoms with Gasteiger partial charge in [0.2, 0.25) is 0 Å². The van der Waals surface area contributed by atoms with E-state index in [0.717, 1.165) is 23.5 Å². The second-order valence-corrected chi connectivity index (χ2v) is 4.51. The Kier molecular flexibility index (Phi) is 2.36. The lowest BCUT2D eigenvalue weighted by Crippen LogP contribution is -2.27. The van der Waals surface area contributed by atoms with Gasteiger partial charge in [-0.1, -0.05) is 6.42 Å². The normalized spacial score (nSPS) is 21.4. The van der Waals surface area contributed by atoms with Crippen molar-refractivity contribution in [1.82, 2.24) is 20.3 Å². The molecule has 2 N–H and O–H groups in total. The molecule has 16 heavy (non-hydrogen) atoms. The Balaban J connectivity index is 1.97. The van der Waals surface area contributed by atoms with Crippen LogP contribution in [0.4, 0.5) is 0 Å². The second-order valence-electron chi connectivity index (χ2n) is 4.51. The fraction of sp³-hybridized carbons (Fsp3) is 0.500. The fourth-order valence-corrected chi connectivity index (χ4v) is 2.27. The number of piperidine rings is 1. The highest BCUT2D eigenvalue weighted by Crippen LogP contribution is 2.22. The van der Waals surface area contributed by atoms with Crippen LogP contribution in [0.3, 0.4) is 0 Å². The van der Waals surface area contributed by atoms with Crippen molar-refractivity contribution in [3.05, 3.63) is 23.7 Å². The van der Waals surface area contributed by atoms with E-state index in [2.05, 4.69) is 26.3 Å². The van der Waals surface area contributed by atoms with Crippen LogP contribution in [0.25, 0.3) is 11.2 Å². The number of fused-ring (bicyclic) bond motifs is 1. The van der Waals surface area contributed by atoms with Crippen LogP contribution in [0, 0.1) is 6.92 Å². The summed E-state index contributed by atoms with van der Waals surface area (Å²) in [6.45, 7) is 3.14. The van der Waals surface area contributed by atoms with E-state index in [4.69, 9.17) is 0 Å². The van der Waals surface area contributed by atoms with Gasteiger partial charge in [0.1, 0.15) is 5.82 Å². The molecule has 0 saturated carbocycles. The van der Waals surface area contributed by atoms with Gasteiger partial charge in [0.05, 0.1) is 11.6 Å². The summed E-state index contributed by atoms with van der Waals surface area (Å²) in [7, 11) is 0. The number of nitrogens with one attached hydrogen (secondary N) is 2. The Bertz CT molecular complexity index is 497. The number of rotatable bonds is 1. The summed E-state index contributed by atoms with van der Waals surface area (Å²) in [5.74, 6) is 1.04. The molecule has 0 radical (unpaired) electrons. The van der Waals surface area contributed by atoms with Crippen molar-refractivity contribution in [3.8, 4) is 0 Å². The fourth-order valence-electron chi connectivity index (χ4n) is 2.27. The summed E-state index contributed by atoms with van der Waals surface area (Å²) < 4.78 is 0. The Labute approximate surface area is 94.5 Å². The van der Waals surface area contributed by atoms with Crippen molar-refractivity contribution in [2.75, 3.05) is 6.54 Å². The van der Waals surface area contributed by atoms with Crippen LogP contribution in [0.2, 0.25) is 0 Å². The summed E-state index contributed by atoms with van der Waals surface area (Å²) in [6.07, 6.45) is 5.58. The molecule has 2 aromatic heterocycles. The highest BCUT2D eigenvalue weighted by molar-refractivity contribution is 5.71. The van der Waals surface area contributed by atoms with E-state index in [1.54, 1.807) is 0 Å². The van der Waals surface area contributed by atoms with Gasteiger partial charge < -0.3 is 10.3 Å². The van der Waals surface area contributed by atoms with E-state index in [9.17, 15) is 0 Å². The number of aryl methyl sites for hydroxylation is 1. The van der Waals surface area contributed by atoms with E-state index < -0.39 is 0 Å². The Morgan fingerprint density at radius 2 is 2.31 bits per heavy atom. The molecule has 1 aliphatic heterocycles. The van der Waals surface area contributed by atoms with Gasteiger partial charge in [0.15, 0.2) is 5.65 Å². The number of pyridine rings is 1. The number of hydrogen-bond acceptors (Lipinski definition) is 3.